The second-order valence-corrected chi connectivity index (χ2v) is 5.11. The SMILES string of the molecule is OCc1cccc(N2CC3(CCOCC3)C2)n1. The molecule has 2 aliphatic rings. The number of aliphatic hydroxyl groups is 1. The minimum absolute atomic E-state index is 0.0145. The molecule has 1 aromatic heterocycles. The van der Waals surface area contributed by atoms with Crippen molar-refractivity contribution in [1.29, 1.82) is 0 Å². The van der Waals surface area contributed by atoms with Gasteiger partial charge in [0.25, 0.3) is 0 Å². The first-order valence-corrected chi connectivity index (χ1v) is 6.21. The zero-order chi connectivity index (χ0) is 11.7. The van der Waals surface area contributed by atoms with E-state index in [0.717, 1.165) is 37.8 Å². The second kappa shape index (κ2) is 4.27. The predicted molar refractivity (Wildman–Crippen MR) is 64.9 cm³/mol. The number of anilines is 1. The summed E-state index contributed by atoms with van der Waals surface area (Å²) in [7, 11) is 0. The fourth-order valence-electron chi connectivity index (χ4n) is 2.78. The van der Waals surface area contributed by atoms with E-state index in [-0.39, 0.29) is 6.61 Å². The molecule has 1 aromatic rings. The van der Waals surface area contributed by atoms with E-state index in [0.29, 0.717) is 5.41 Å². The Kier molecular flexibility index (Phi) is 2.76. The summed E-state index contributed by atoms with van der Waals surface area (Å²) in [4.78, 5) is 6.73. The number of pyridine rings is 1. The Morgan fingerprint density at radius 3 is 2.76 bits per heavy atom. The van der Waals surface area contributed by atoms with Crippen molar-refractivity contribution in [3.05, 3.63) is 23.9 Å². The highest BCUT2D eigenvalue weighted by atomic mass is 16.5. The monoisotopic (exact) mass is 234 g/mol. The Bertz CT molecular complexity index is 394. The summed E-state index contributed by atoms with van der Waals surface area (Å²) in [5.74, 6) is 0.994. The molecule has 0 atom stereocenters. The molecule has 0 radical (unpaired) electrons. The average Bonchev–Trinajstić information content (AvgIpc) is 2.37. The van der Waals surface area contributed by atoms with Crippen LogP contribution in [0.25, 0.3) is 0 Å². The zero-order valence-electron chi connectivity index (χ0n) is 9.93. The maximum absolute atomic E-state index is 9.08. The summed E-state index contributed by atoms with van der Waals surface area (Å²) in [5, 5.41) is 9.08. The lowest BCUT2D eigenvalue weighted by Crippen LogP contribution is -2.58. The van der Waals surface area contributed by atoms with Crippen LogP contribution in [0.2, 0.25) is 0 Å². The van der Waals surface area contributed by atoms with E-state index in [1.54, 1.807) is 0 Å². The van der Waals surface area contributed by atoms with Crippen molar-refractivity contribution >= 4 is 5.82 Å². The number of aromatic nitrogens is 1. The standard InChI is InChI=1S/C13H18N2O2/c16-8-11-2-1-3-12(14-11)15-9-13(10-15)4-6-17-7-5-13/h1-3,16H,4-10H2. The fraction of sp³-hybridized carbons (Fsp3) is 0.615. The highest BCUT2D eigenvalue weighted by molar-refractivity contribution is 5.43. The Labute approximate surface area is 101 Å². The molecule has 3 rings (SSSR count). The third-order valence-electron chi connectivity index (χ3n) is 3.88. The molecule has 2 saturated heterocycles. The van der Waals surface area contributed by atoms with Gasteiger partial charge in [0, 0.05) is 31.7 Å². The van der Waals surface area contributed by atoms with Crippen LogP contribution >= 0.6 is 0 Å². The summed E-state index contributed by atoms with van der Waals surface area (Å²) in [6.07, 6.45) is 2.34. The summed E-state index contributed by atoms with van der Waals surface area (Å²) in [6, 6.07) is 5.84. The lowest BCUT2D eigenvalue weighted by Gasteiger charge is -2.52. The Balaban J connectivity index is 1.67. The van der Waals surface area contributed by atoms with Gasteiger partial charge in [-0.2, -0.15) is 0 Å². The van der Waals surface area contributed by atoms with Crippen LogP contribution in [-0.4, -0.2) is 36.4 Å². The molecule has 0 aromatic carbocycles. The Morgan fingerprint density at radius 1 is 1.29 bits per heavy atom. The van der Waals surface area contributed by atoms with Crippen LogP contribution in [-0.2, 0) is 11.3 Å². The van der Waals surface area contributed by atoms with E-state index in [1.165, 1.54) is 12.8 Å². The molecule has 0 aliphatic carbocycles. The van der Waals surface area contributed by atoms with Gasteiger partial charge in [0.05, 0.1) is 12.3 Å². The van der Waals surface area contributed by atoms with Crippen molar-refractivity contribution in [2.75, 3.05) is 31.2 Å². The molecule has 3 heterocycles. The van der Waals surface area contributed by atoms with Gasteiger partial charge in [0.1, 0.15) is 5.82 Å². The summed E-state index contributed by atoms with van der Waals surface area (Å²) < 4.78 is 5.41. The number of hydrogen-bond acceptors (Lipinski definition) is 4. The minimum Gasteiger partial charge on any atom is -0.390 e. The lowest BCUT2D eigenvalue weighted by molar-refractivity contribution is -0.000472. The van der Waals surface area contributed by atoms with Gasteiger partial charge in [0.15, 0.2) is 0 Å². The van der Waals surface area contributed by atoms with E-state index in [9.17, 15) is 0 Å². The third kappa shape index (κ3) is 2.03. The molecular formula is C13H18N2O2. The van der Waals surface area contributed by atoms with Gasteiger partial charge in [-0.15, -0.1) is 0 Å². The molecule has 0 unspecified atom stereocenters. The average molecular weight is 234 g/mol. The second-order valence-electron chi connectivity index (χ2n) is 5.11. The first-order chi connectivity index (χ1) is 8.31. The van der Waals surface area contributed by atoms with Crippen LogP contribution < -0.4 is 4.90 Å². The van der Waals surface area contributed by atoms with Crippen molar-refractivity contribution in [1.82, 2.24) is 4.98 Å². The number of hydrogen-bond donors (Lipinski definition) is 1. The number of aliphatic hydroxyl groups excluding tert-OH is 1. The summed E-state index contributed by atoms with van der Waals surface area (Å²) in [5.41, 5.74) is 1.21. The molecule has 0 saturated carbocycles. The molecule has 2 aliphatic heterocycles. The quantitative estimate of drug-likeness (QED) is 0.835. The molecule has 0 bridgehead atoms. The smallest absolute Gasteiger partial charge is 0.128 e. The summed E-state index contributed by atoms with van der Waals surface area (Å²) >= 11 is 0. The zero-order valence-corrected chi connectivity index (χ0v) is 9.93. The largest absolute Gasteiger partial charge is 0.390 e. The van der Waals surface area contributed by atoms with Crippen LogP contribution in [0.15, 0.2) is 18.2 Å². The molecule has 17 heavy (non-hydrogen) atoms. The minimum atomic E-state index is 0.0145. The number of rotatable bonds is 2. The molecule has 1 N–H and O–H groups in total. The molecule has 1 spiro atoms. The van der Waals surface area contributed by atoms with Gasteiger partial charge in [-0.1, -0.05) is 6.07 Å². The van der Waals surface area contributed by atoms with Crippen LogP contribution in [0, 0.1) is 5.41 Å². The third-order valence-corrected chi connectivity index (χ3v) is 3.88. The van der Waals surface area contributed by atoms with Gasteiger partial charge < -0.3 is 14.7 Å². The molecule has 4 heteroatoms. The van der Waals surface area contributed by atoms with Crippen molar-refractivity contribution in [3.63, 3.8) is 0 Å². The highest BCUT2D eigenvalue weighted by Crippen LogP contribution is 2.41. The normalized spacial score (nSPS) is 22.5. The van der Waals surface area contributed by atoms with Crippen LogP contribution in [0.4, 0.5) is 5.82 Å². The van der Waals surface area contributed by atoms with Crippen molar-refractivity contribution in [2.45, 2.75) is 19.4 Å². The molecular weight excluding hydrogens is 216 g/mol. The van der Waals surface area contributed by atoms with Gasteiger partial charge in [-0.05, 0) is 25.0 Å². The van der Waals surface area contributed by atoms with E-state index >= 15 is 0 Å². The summed E-state index contributed by atoms with van der Waals surface area (Å²) in [6.45, 7) is 3.98. The maximum atomic E-state index is 9.08. The topological polar surface area (TPSA) is 45.6 Å². The van der Waals surface area contributed by atoms with Gasteiger partial charge in [-0.25, -0.2) is 4.98 Å². The first kappa shape index (κ1) is 11.0. The van der Waals surface area contributed by atoms with E-state index in [4.69, 9.17) is 9.84 Å². The first-order valence-electron chi connectivity index (χ1n) is 6.21. The Hall–Kier alpha value is -1.13. The molecule has 4 nitrogen and oxygen atoms in total. The van der Waals surface area contributed by atoms with Crippen molar-refractivity contribution in [2.24, 2.45) is 5.41 Å². The van der Waals surface area contributed by atoms with Gasteiger partial charge in [-0.3, -0.25) is 0 Å². The highest BCUT2D eigenvalue weighted by Gasteiger charge is 2.44. The number of nitrogens with zero attached hydrogens (tertiary/aromatic N) is 2. The predicted octanol–water partition coefficient (Wildman–Crippen LogP) is 1.19. The molecule has 2 fully saturated rings. The van der Waals surface area contributed by atoms with Gasteiger partial charge in [0.2, 0.25) is 0 Å². The van der Waals surface area contributed by atoms with E-state index in [1.807, 2.05) is 18.2 Å². The lowest BCUT2D eigenvalue weighted by atomic mass is 9.73. The van der Waals surface area contributed by atoms with E-state index in [2.05, 4.69) is 9.88 Å². The van der Waals surface area contributed by atoms with Crippen LogP contribution in [0.5, 0.6) is 0 Å². The van der Waals surface area contributed by atoms with Gasteiger partial charge >= 0.3 is 0 Å². The van der Waals surface area contributed by atoms with Crippen molar-refractivity contribution in [3.8, 4) is 0 Å². The van der Waals surface area contributed by atoms with Crippen molar-refractivity contribution < 1.29 is 9.84 Å². The molecule has 0 amide bonds. The van der Waals surface area contributed by atoms with Crippen LogP contribution in [0.1, 0.15) is 18.5 Å². The number of ether oxygens (including phenoxy) is 1. The van der Waals surface area contributed by atoms with E-state index < -0.39 is 0 Å². The maximum Gasteiger partial charge on any atom is 0.128 e. The van der Waals surface area contributed by atoms with Crippen LogP contribution in [0.3, 0.4) is 0 Å². The fourth-order valence-corrected chi connectivity index (χ4v) is 2.78. The molecule has 92 valence electrons. The Morgan fingerprint density at radius 2 is 2.06 bits per heavy atom.